The smallest absolute Gasteiger partial charge is 0.178 e. The maximum atomic E-state index is 13.3. The van der Waals surface area contributed by atoms with Crippen molar-refractivity contribution in [2.45, 2.75) is 13.8 Å². The van der Waals surface area contributed by atoms with Gasteiger partial charge in [0.1, 0.15) is 5.83 Å². The molecule has 0 amide bonds. The normalized spacial score (nSPS) is 21.1. The van der Waals surface area contributed by atoms with E-state index in [0.717, 1.165) is 6.26 Å². The fourth-order valence-electron chi connectivity index (χ4n) is 1.20. The van der Waals surface area contributed by atoms with Crippen LogP contribution in [0.1, 0.15) is 13.8 Å². The van der Waals surface area contributed by atoms with Crippen LogP contribution in [-0.2, 0) is 9.84 Å². The molecule has 1 aliphatic carbocycles. The lowest BCUT2D eigenvalue weighted by atomic mass is 9.93. The molecule has 0 saturated heterocycles. The van der Waals surface area contributed by atoms with Crippen molar-refractivity contribution in [3.63, 3.8) is 0 Å². The van der Waals surface area contributed by atoms with Crippen LogP contribution in [0.5, 0.6) is 0 Å². The highest BCUT2D eigenvalue weighted by Gasteiger charge is 2.23. The van der Waals surface area contributed by atoms with Crippen molar-refractivity contribution in [1.82, 2.24) is 0 Å². The minimum Gasteiger partial charge on any atom is -0.224 e. The van der Waals surface area contributed by atoms with Gasteiger partial charge in [-0.1, -0.05) is 32.1 Å². The van der Waals surface area contributed by atoms with Crippen molar-refractivity contribution in [2.24, 2.45) is 5.41 Å². The molecule has 1 rings (SSSR count). The number of hydrogen-bond acceptors (Lipinski definition) is 2. The van der Waals surface area contributed by atoms with Crippen LogP contribution in [0, 0.1) is 5.41 Å². The Balaban J connectivity index is 3.35. The van der Waals surface area contributed by atoms with Crippen LogP contribution in [-0.4, -0.2) is 14.7 Å². The van der Waals surface area contributed by atoms with E-state index in [1.165, 1.54) is 18.2 Å². The molecule has 0 atom stereocenters. The molecule has 4 heteroatoms. The largest absolute Gasteiger partial charge is 0.224 e. The Hall–Kier alpha value is -0.900. The average molecular weight is 216 g/mol. The standard InChI is InChI=1S/C10H13FO2S/c1-10(2)6-4-5-8(11)9(7-10)14(3,12)13/h4-7H,1-3H3. The predicted octanol–water partition coefficient (Wildman–Crippen LogP) is 2.36. The highest BCUT2D eigenvalue weighted by molar-refractivity contribution is 7.94. The summed E-state index contributed by atoms with van der Waals surface area (Å²) in [5, 5.41) is 0. The molecule has 0 bridgehead atoms. The van der Waals surface area contributed by atoms with E-state index in [-0.39, 0.29) is 4.91 Å². The molecule has 0 unspecified atom stereocenters. The molecule has 1 aliphatic rings. The summed E-state index contributed by atoms with van der Waals surface area (Å²) in [5.74, 6) is -0.700. The van der Waals surface area contributed by atoms with Gasteiger partial charge >= 0.3 is 0 Å². The highest BCUT2D eigenvalue weighted by atomic mass is 32.2. The number of allylic oxidation sites excluding steroid dienone is 5. The third-order valence-corrected chi connectivity index (χ3v) is 3.02. The molecular formula is C10H13FO2S. The van der Waals surface area contributed by atoms with E-state index in [4.69, 9.17) is 0 Å². The van der Waals surface area contributed by atoms with E-state index in [1.54, 1.807) is 6.08 Å². The molecule has 0 saturated carbocycles. The Morgan fingerprint density at radius 2 is 1.93 bits per heavy atom. The molecule has 0 spiro atoms. The molecule has 0 aromatic heterocycles. The lowest BCUT2D eigenvalue weighted by Gasteiger charge is -2.14. The molecule has 0 aromatic rings. The van der Waals surface area contributed by atoms with Gasteiger partial charge in [0.05, 0.1) is 4.91 Å². The van der Waals surface area contributed by atoms with Gasteiger partial charge in [0.25, 0.3) is 0 Å². The molecule has 78 valence electrons. The Bertz CT molecular complexity index is 425. The monoisotopic (exact) mass is 216 g/mol. The van der Waals surface area contributed by atoms with E-state index >= 15 is 0 Å². The number of sulfone groups is 1. The van der Waals surface area contributed by atoms with Gasteiger partial charge in [-0.25, -0.2) is 12.8 Å². The molecule has 0 N–H and O–H groups in total. The Morgan fingerprint density at radius 3 is 2.43 bits per heavy atom. The maximum absolute atomic E-state index is 13.3. The molecule has 0 fully saturated rings. The van der Waals surface area contributed by atoms with Gasteiger partial charge in [0.15, 0.2) is 9.84 Å². The zero-order valence-corrected chi connectivity index (χ0v) is 9.23. The lowest BCUT2D eigenvalue weighted by molar-refractivity contribution is 0.591. The Morgan fingerprint density at radius 1 is 1.36 bits per heavy atom. The SMILES string of the molecule is CC1(C)C=CC=C(F)C(S(C)(=O)=O)=C1. The van der Waals surface area contributed by atoms with Crippen molar-refractivity contribution in [2.75, 3.05) is 6.26 Å². The van der Waals surface area contributed by atoms with Crippen molar-refractivity contribution in [3.8, 4) is 0 Å². The van der Waals surface area contributed by atoms with Gasteiger partial charge in [-0.05, 0) is 6.08 Å². The second kappa shape index (κ2) is 3.35. The molecule has 0 aromatic carbocycles. The number of hydrogen-bond donors (Lipinski definition) is 0. The fraction of sp³-hybridized carbons (Fsp3) is 0.400. The van der Waals surface area contributed by atoms with Crippen molar-refractivity contribution in [3.05, 3.63) is 35.0 Å². The zero-order valence-electron chi connectivity index (χ0n) is 8.41. The molecule has 0 radical (unpaired) electrons. The number of rotatable bonds is 1. The second-order valence-corrected chi connectivity index (χ2v) is 5.96. The summed E-state index contributed by atoms with van der Waals surface area (Å²) < 4.78 is 35.8. The second-order valence-electron chi connectivity index (χ2n) is 3.98. The van der Waals surface area contributed by atoms with E-state index in [0.29, 0.717) is 0 Å². The van der Waals surface area contributed by atoms with Crippen molar-refractivity contribution >= 4 is 9.84 Å². The third kappa shape index (κ3) is 2.54. The van der Waals surface area contributed by atoms with Crippen LogP contribution in [0.2, 0.25) is 0 Å². The summed E-state index contributed by atoms with van der Waals surface area (Å²) in [7, 11) is -3.49. The highest BCUT2D eigenvalue weighted by Crippen LogP contribution is 2.30. The summed E-state index contributed by atoms with van der Waals surface area (Å²) in [4.78, 5) is -0.229. The van der Waals surface area contributed by atoms with E-state index < -0.39 is 21.1 Å². The van der Waals surface area contributed by atoms with Gasteiger partial charge in [0.2, 0.25) is 0 Å². The molecule has 14 heavy (non-hydrogen) atoms. The van der Waals surface area contributed by atoms with Gasteiger partial charge < -0.3 is 0 Å². The van der Waals surface area contributed by atoms with Gasteiger partial charge in [-0.15, -0.1) is 0 Å². The maximum Gasteiger partial charge on any atom is 0.178 e. The first-order valence-corrected chi connectivity index (χ1v) is 6.10. The van der Waals surface area contributed by atoms with Crippen LogP contribution in [0.25, 0.3) is 0 Å². The number of halogens is 1. The lowest BCUT2D eigenvalue weighted by Crippen LogP contribution is -2.08. The molecule has 2 nitrogen and oxygen atoms in total. The summed E-state index contributed by atoms with van der Waals surface area (Å²) in [6, 6.07) is 0. The van der Waals surface area contributed by atoms with Crippen LogP contribution in [0.3, 0.4) is 0 Å². The van der Waals surface area contributed by atoms with Crippen molar-refractivity contribution < 1.29 is 12.8 Å². The summed E-state index contributed by atoms with van der Waals surface area (Å²) in [6.07, 6.45) is 6.89. The summed E-state index contributed by atoms with van der Waals surface area (Å²) in [5.41, 5.74) is -0.442. The first-order chi connectivity index (χ1) is 6.22. The third-order valence-electron chi connectivity index (χ3n) is 1.91. The van der Waals surface area contributed by atoms with Crippen LogP contribution in [0.15, 0.2) is 35.0 Å². The topological polar surface area (TPSA) is 34.1 Å². The minimum atomic E-state index is -3.49. The van der Waals surface area contributed by atoms with E-state index in [1.807, 2.05) is 13.8 Å². The summed E-state index contributed by atoms with van der Waals surface area (Å²) >= 11 is 0. The van der Waals surface area contributed by atoms with Gasteiger partial charge in [-0.3, -0.25) is 0 Å². The molecule has 0 aliphatic heterocycles. The quantitative estimate of drug-likeness (QED) is 0.674. The van der Waals surface area contributed by atoms with E-state index in [2.05, 4.69) is 0 Å². The Kier molecular flexibility index (Phi) is 2.67. The van der Waals surface area contributed by atoms with Crippen molar-refractivity contribution in [1.29, 1.82) is 0 Å². The first-order valence-electron chi connectivity index (χ1n) is 4.21. The average Bonchev–Trinajstić information content (AvgIpc) is 2.09. The van der Waals surface area contributed by atoms with Gasteiger partial charge in [-0.2, -0.15) is 0 Å². The summed E-state index contributed by atoms with van der Waals surface area (Å²) in [6.45, 7) is 3.64. The predicted molar refractivity (Wildman–Crippen MR) is 55.0 cm³/mol. The first kappa shape index (κ1) is 11.2. The fourth-order valence-corrected chi connectivity index (χ4v) is 2.14. The van der Waals surface area contributed by atoms with E-state index in [9.17, 15) is 12.8 Å². The van der Waals surface area contributed by atoms with Crippen LogP contribution < -0.4 is 0 Å². The van der Waals surface area contributed by atoms with Crippen LogP contribution >= 0.6 is 0 Å². The molecule has 0 heterocycles. The van der Waals surface area contributed by atoms with Gasteiger partial charge in [0, 0.05) is 11.7 Å². The molecular weight excluding hydrogens is 203 g/mol. The minimum absolute atomic E-state index is 0.229. The van der Waals surface area contributed by atoms with Crippen LogP contribution in [0.4, 0.5) is 4.39 Å². The zero-order chi connectivity index (χ0) is 11.0. The Labute approximate surface area is 83.7 Å².